The molecule has 5 nitrogen and oxygen atoms in total. The van der Waals surface area contributed by atoms with E-state index in [1.807, 2.05) is 66.4 Å². The highest BCUT2D eigenvalue weighted by atomic mass is 16.2. The molecule has 1 N–H and O–H groups in total. The zero-order valence-corrected chi connectivity index (χ0v) is 14.8. The highest BCUT2D eigenvalue weighted by molar-refractivity contribution is 5.94. The van der Waals surface area contributed by atoms with Crippen LogP contribution in [0.5, 0.6) is 0 Å². The normalized spacial score (nSPS) is 10.3. The molecule has 0 fully saturated rings. The predicted molar refractivity (Wildman–Crippen MR) is 103 cm³/mol. The van der Waals surface area contributed by atoms with Gasteiger partial charge in [0.2, 0.25) is 0 Å². The van der Waals surface area contributed by atoms with Crippen LogP contribution >= 0.6 is 0 Å². The van der Waals surface area contributed by atoms with Gasteiger partial charge in [-0.1, -0.05) is 30.3 Å². The van der Waals surface area contributed by atoms with Crippen molar-refractivity contribution in [1.29, 1.82) is 0 Å². The number of aromatic nitrogens is 2. The molecule has 0 aliphatic rings. The van der Waals surface area contributed by atoms with E-state index in [0.717, 1.165) is 16.9 Å². The van der Waals surface area contributed by atoms with Gasteiger partial charge in [-0.05, 0) is 42.3 Å². The van der Waals surface area contributed by atoms with E-state index >= 15 is 0 Å². The molecule has 0 unspecified atom stereocenters. The Morgan fingerprint density at radius 2 is 1.77 bits per heavy atom. The molecule has 5 heteroatoms. The molecule has 1 aromatic carbocycles. The number of hydrogen-bond donors (Lipinski definition) is 1. The molecule has 0 saturated heterocycles. The van der Waals surface area contributed by atoms with Crippen molar-refractivity contribution in [3.63, 3.8) is 0 Å². The first-order valence-corrected chi connectivity index (χ1v) is 8.68. The average molecular weight is 346 g/mol. The third-order valence-corrected chi connectivity index (χ3v) is 4.12. The smallest absolute Gasteiger partial charge is 0.255 e. The monoisotopic (exact) mass is 346 g/mol. The summed E-state index contributed by atoms with van der Waals surface area (Å²) in [5, 5.41) is 3.25. The van der Waals surface area contributed by atoms with Crippen LogP contribution in [0.3, 0.4) is 0 Å². The van der Waals surface area contributed by atoms with Crippen molar-refractivity contribution in [3.05, 3.63) is 89.9 Å². The molecule has 0 radical (unpaired) electrons. The number of hydrogen-bond acceptors (Lipinski definition) is 4. The second-order valence-corrected chi connectivity index (χ2v) is 5.95. The number of rotatable bonds is 7. The van der Waals surface area contributed by atoms with Crippen LogP contribution in [-0.4, -0.2) is 27.3 Å². The van der Waals surface area contributed by atoms with Crippen LogP contribution in [0.15, 0.2) is 73.2 Å². The summed E-state index contributed by atoms with van der Waals surface area (Å²) in [6.07, 6.45) is 5.15. The highest BCUT2D eigenvalue weighted by Gasteiger charge is 2.15. The zero-order chi connectivity index (χ0) is 18.2. The van der Waals surface area contributed by atoms with Crippen LogP contribution in [-0.2, 0) is 13.1 Å². The first-order valence-electron chi connectivity index (χ1n) is 8.68. The second kappa shape index (κ2) is 8.76. The van der Waals surface area contributed by atoms with Crippen molar-refractivity contribution in [2.45, 2.75) is 20.0 Å². The molecule has 3 aromatic rings. The van der Waals surface area contributed by atoms with Gasteiger partial charge in [-0.3, -0.25) is 9.78 Å². The summed E-state index contributed by atoms with van der Waals surface area (Å²) in [7, 11) is 0. The van der Waals surface area contributed by atoms with Crippen molar-refractivity contribution >= 4 is 11.7 Å². The third kappa shape index (κ3) is 4.66. The fraction of sp³-hybridized carbons (Fsp3) is 0.190. The topological polar surface area (TPSA) is 58.1 Å². The number of carbonyl (C=O) groups excluding carboxylic acids is 1. The van der Waals surface area contributed by atoms with E-state index in [9.17, 15) is 4.79 Å². The highest BCUT2D eigenvalue weighted by Crippen LogP contribution is 2.12. The van der Waals surface area contributed by atoms with E-state index in [-0.39, 0.29) is 5.91 Å². The minimum atomic E-state index is -0.00969. The van der Waals surface area contributed by atoms with Gasteiger partial charge in [0.25, 0.3) is 5.91 Å². The number of anilines is 1. The largest absolute Gasteiger partial charge is 0.366 e. The summed E-state index contributed by atoms with van der Waals surface area (Å²) in [5.41, 5.74) is 2.84. The number of amides is 1. The molecule has 0 atom stereocenters. The molecule has 132 valence electrons. The van der Waals surface area contributed by atoms with Crippen molar-refractivity contribution in [2.24, 2.45) is 0 Å². The lowest BCUT2D eigenvalue weighted by molar-refractivity contribution is 0.0752. The zero-order valence-electron chi connectivity index (χ0n) is 14.8. The van der Waals surface area contributed by atoms with Crippen LogP contribution in [0.2, 0.25) is 0 Å². The van der Waals surface area contributed by atoms with E-state index in [1.165, 1.54) is 0 Å². The number of nitrogens with one attached hydrogen (secondary N) is 1. The second-order valence-electron chi connectivity index (χ2n) is 5.95. The molecule has 0 aliphatic heterocycles. The SMILES string of the molecule is CCN(Cc1ccccc1)C(=O)c1ccc(NCc2ccncc2)nc1. The van der Waals surface area contributed by atoms with Crippen molar-refractivity contribution < 1.29 is 4.79 Å². The van der Waals surface area contributed by atoms with Gasteiger partial charge in [0.05, 0.1) is 5.56 Å². The minimum absolute atomic E-state index is 0.00969. The molecule has 0 spiro atoms. The summed E-state index contributed by atoms with van der Waals surface area (Å²) in [6, 6.07) is 17.6. The van der Waals surface area contributed by atoms with Crippen LogP contribution in [0.1, 0.15) is 28.4 Å². The standard InChI is InChI=1S/C21H22N4O/c1-2-25(16-18-6-4-3-5-7-18)21(26)19-8-9-20(24-15-19)23-14-17-10-12-22-13-11-17/h3-13,15H,2,14,16H2,1H3,(H,23,24). The summed E-state index contributed by atoms with van der Waals surface area (Å²) in [6.45, 7) is 3.89. The van der Waals surface area contributed by atoms with Gasteiger partial charge < -0.3 is 10.2 Å². The third-order valence-electron chi connectivity index (χ3n) is 4.12. The lowest BCUT2D eigenvalue weighted by Gasteiger charge is -2.21. The van der Waals surface area contributed by atoms with Crippen LogP contribution in [0, 0.1) is 0 Å². The van der Waals surface area contributed by atoms with E-state index < -0.39 is 0 Å². The van der Waals surface area contributed by atoms with E-state index in [1.54, 1.807) is 18.6 Å². The van der Waals surface area contributed by atoms with Gasteiger partial charge in [-0.25, -0.2) is 4.98 Å². The molecule has 26 heavy (non-hydrogen) atoms. The van der Waals surface area contributed by atoms with Gasteiger partial charge in [-0.2, -0.15) is 0 Å². The first kappa shape index (κ1) is 17.6. The van der Waals surface area contributed by atoms with Crippen LogP contribution in [0.25, 0.3) is 0 Å². The summed E-state index contributed by atoms with van der Waals surface area (Å²) >= 11 is 0. The van der Waals surface area contributed by atoms with Crippen molar-refractivity contribution in [3.8, 4) is 0 Å². The number of benzene rings is 1. The molecule has 0 saturated carbocycles. The van der Waals surface area contributed by atoms with Gasteiger partial charge in [0.15, 0.2) is 0 Å². The minimum Gasteiger partial charge on any atom is -0.366 e. The summed E-state index contributed by atoms with van der Waals surface area (Å²) in [4.78, 5) is 22.9. The Kier molecular flexibility index (Phi) is 5.93. The first-order chi connectivity index (χ1) is 12.8. The maximum atomic E-state index is 12.7. The lowest BCUT2D eigenvalue weighted by Crippen LogP contribution is -2.30. The molecule has 0 aliphatic carbocycles. The Bertz CT molecular complexity index is 820. The fourth-order valence-corrected chi connectivity index (χ4v) is 2.63. The molecule has 1 amide bonds. The Balaban J connectivity index is 1.62. The quantitative estimate of drug-likeness (QED) is 0.708. The van der Waals surface area contributed by atoms with Gasteiger partial charge in [0.1, 0.15) is 5.82 Å². The molecule has 0 bridgehead atoms. The average Bonchev–Trinajstić information content (AvgIpc) is 2.72. The maximum absolute atomic E-state index is 12.7. The fourth-order valence-electron chi connectivity index (χ4n) is 2.63. The van der Waals surface area contributed by atoms with E-state index in [2.05, 4.69) is 15.3 Å². The molecular formula is C21H22N4O. The lowest BCUT2D eigenvalue weighted by atomic mass is 10.2. The Labute approximate surface area is 153 Å². The Morgan fingerprint density at radius 3 is 2.42 bits per heavy atom. The van der Waals surface area contributed by atoms with Gasteiger partial charge in [-0.15, -0.1) is 0 Å². The summed E-state index contributed by atoms with van der Waals surface area (Å²) in [5.74, 6) is 0.731. The molecule has 3 rings (SSSR count). The predicted octanol–water partition coefficient (Wildman–Crippen LogP) is 3.75. The summed E-state index contributed by atoms with van der Waals surface area (Å²) < 4.78 is 0. The number of pyridine rings is 2. The van der Waals surface area contributed by atoms with E-state index in [0.29, 0.717) is 25.2 Å². The molecule has 2 heterocycles. The molecular weight excluding hydrogens is 324 g/mol. The van der Waals surface area contributed by atoms with E-state index in [4.69, 9.17) is 0 Å². The van der Waals surface area contributed by atoms with Crippen molar-refractivity contribution in [1.82, 2.24) is 14.9 Å². The van der Waals surface area contributed by atoms with Gasteiger partial charge in [0, 0.05) is 38.2 Å². The molecule has 2 aromatic heterocycles. The Morgan fingerprint density at radius 1 is 1.00 bits per heavy atom. The number of nitrogens with zero attached hydrogens (tertiary/aromatic N) is 3. The van der Waals surface area contributed by atoms with Crippen molar-refractivity contribution in [2.75, 3.05) is 11.9 Å². The maximum Gasteiger partial charge on any atom is 0.255 e. The van der Waals surface area contributed by atoms with Crippen LogP contribution < -0.4 is 5.32 Å². The van der Waals surface area contributed by atoms with Gasteiger partial charge >= 0.3 is 0 Å². The van der Waals surface area contributed by atoms with Crippen LogP contribution in [0.4, 0.5) is 5.82 Å². The Hall–Kier alpha value is -3.21. The number of carbonyl (C=O) groups is 1.